The van der Waals surface area contributed by atoms with Crippen molar-refractivity contribution >= 4 is 17.6 Å². The van der Waals surface area contributed by atoms with Crippen LogP contribution in [0.1, 0.15) is 10.4 Å². The minimum absolute atomic E-state index is 0.115. The molecule has 0 aliphatic carbocycles. The fourth-order valence-corrected chi connectivity index (χ4v) is 2.01. The first-order chi connectivity index (χ1) is 8.63. The lowest BCUT2D eigenvalue weighted by atomic mass is 9.99. The molecule has 0 aliphatic heterocycles. The lowest BCUT2D eigenvalue weighted by Gasteiger charge is -2.08. The summed E-state index contributed by atoms with van der Waals surface area (Å²) in [6.45, 7) is 0. The second kappa shape index (κ2) is 5.10. The van der Waals surface area contributed by atoms with Crippen molar-refractivity contribution in [2.45, 2.75) is 0 Å². The SMILES string of the molecule is COc1ccc(-c2cccc(Cl)c2C(=O)O)cc1. The molecule has 92 valence electrons. The van der Waals surface area contributed by atoms with Crippen molar-refractivity contribution in [3.8, 4) is 16.9 Å². The molecule has 0 unspecified atom stereocenters. The summed E-state index contributed by atoms with van der Waals surface area (Å²) in [5.74, 6) is -0.316. The van der Waals surface area contributed by atoms with Crippen LogP contribution in [0, 0.1) is 0 Å². The van der Waals surface area contributed by atoms with Gasteiger partial charge in [-0.1, -0.05) is 35.9 Å². The highest BCUT2D eigenvalue weighted by Crippen LogP contribution is 2.30. The highest BCUT2D eigenvalue weighted by atomic mass is 35.5. The van der Waals surface area contributed by atoms with E-state index in [1.165, 1.54) is 0 Å². The second-order valence-electron chi connectivity index (χ2n) is 3.70. The molecule has 0 fully saturated rings. The summed E-state index contributed by atoms with van der Waals surface area (Å²) in [6.07, 6.45) is 0. The molecule has 2 rings (SSSR count). The Kier molecular flexibility index (Phi) is 3.53. The molecule has 3 nitrogen and oxygen atoms in total. The van der Waals surface area contributed by atoms with Gasteiger partial charge in [-0.25, -0.2) is 4.79 Å². The van der Waals surface area contributed by atoms with E-state index < -0.39 is 5.97 Å². The number of carboxylic acid groups (broad SMARTS) is 1. The lowest BCUT2D eigenvalue weighted by Crippen LogP contribution is -2.00. The first-order valence-electron chi connectivity index (χ1n) is 5.29. The average Bonchev–Trinajstić information content (AvgIpc) is 2.38. The number of rotatable bonds is 3. The number of benzene rings is 2. The minimum Gasteiger partial charge on any atom is -0.497 e. The predicted molar refractivity (Wildman–Crippen MR) is 70.4 cm³/mol. The van der Waals surface area contributed by atoms with Gasteiger partial charge in [0.15, 0.2) is 0 Å². The molecule has 0 aromatic heterocycles. The van der Waals surface area contributed by atoms with Gasteiger partial charge in [0.1, 0.15) is 5.75 Å². The molecule has 0 spiro atoms. The van der Waals surface area contributed by atoms with Gasteiger partial charge in [0.2, 0.25) is 0 Å². The summed E-state index contributed by atoms with van der Waals surface area (Å²) in [4.78, 5) is 11.2. The fraction of sp³-hybridized carbons (Fsp3) is 0.0714. The third-order valence-corrected chi connectivity index (χ3v) is 2.94. The maximum Gasteiger partial charge on any atom is 0.337 e. The van der Waals surface area contributed by atoms with Gasteiger partial charge in [-0.2, -0.15) is 0 Å². The minimum atomic E-state index is -1.04. The van der Waals surface area contributed by atoms with Crippen LogP contribution < -0.4 is 4.74 Å². The number of carboxylic acids is 1. The van der Waals surface area contributed by atoms with E-state index in [9.17, 15) is 9.90 Å². The fourth-order valence-electron chi connectivity index (χ4n) is 1.75. The van der Waals surface area contributed by atoms with Crippen LogP contribution in [0.5, 0.6) is 5.75 Å². The summed E-state index contributed by atoms with van der Waals surface area (Å²) in [6, 6.07) is 12.2. The highest BCUT2D eigenvalue weighted by Gasteiger charge is 2.15. The molecule has 0 aliphatic rings. The molecule has 18 heavy (non-hydrogen) atoms. The zero-order valence-corrected chi connectivity index (χ0v) is 10.4. The Morgan fingerprint density at radius 1 is 1.17 bits per heavy atom. The normalized spacial score (nSPS) is 10.1. The number of carbonyl (C=O) groups is 1. The summed E-state index contributed by atoms with van der Waals surface area (Å²) in [7, 11) is 1.58. The largest absolute Gasteiger partial charge is 0.497 e. The zero-order chi connectivity index (χ0) is 13.1. The highest BCUT2D eigenvalue weighted by molar-refractivity contribution is 6.34. The van der Waals surface area contributed by atoms with Gasteiger partial charge >= 0.3 is 5.97 Å². The molecular formula is C14H11ClO3. The predicted octanol–water partition coefficient (Wildman–Crippen LogP) is 3.71. The molecular weight excluding hydrogens is 252 g/mol. The van der Waals surface area contributed by atoms with Gasteiger partial charge < -0.3 is 9.84 Å². The molecule has 1 N–H and O–H groups in total. The van der Waals surface area contributed by atoms with Crippen LogP contribution in [0.2, 0.25) is 5.02 Å². The maximum atomic E-state index is 11.2. The Morgan fingerprint density at radius 3 is 2.39 bits per heavy atom. The van der Waals surface area contributed by atoms with E-state index in [1.54, 1.807) is 49.6 Å². The number of hydrogen-bond donors (Lipinski definition) is 1. The van der Waals surface area contributed by atoms with Crippen molar-refractivity contribution in [2.24, 2.45) is 0 Å². The van der Waals surface area contributed by atoms with E-state index in [0.29, 0.717) is 5.56 Å². The quantitative estimate of drug-likeness (QED) is 0.917. The molecule has 0 bridgehead atoms. The van der Waals surface area contributed by atoms with Gasteiger partial charge in [-0.3, -0.25) is 0 Å². The van der Waals surface area contributed by atoms with Gasteiger partial charge in [0.25, 0.3) is 0 Å². The van der Waals surface area contributed by atoms with E-state index in [0.717, 1.165) is 11.3 Å². The van der Waals surface area contributed by atoms with Crippen LogP contribution in [0.25, 0.3) is 11.1 Å². The summed E-state index contributed by atoms with van der Waals surface area (Å²) in [5, 5.41) is 9.43. The van der Waals surface area contributed by atoms with Crippen molar-refractivity contribution in [1.82, 2.24) is 0 Å². The number of halogens is 1. The molecule has 0 heterocycles. The topological polar surface area (TPSA) is 46.5 Å². The van der Waals surface area contributed by atoms with Crippen LogP contribution in [-0.2, 0) is 0 Å². The summed E-state index contributed by atoms with van der Waals surface area (Å²) in [5.41, 5.74) is 1.50. The molecule has 2 aromatic carbocycles. The van der Waals surface area contributed by atoms with E-state index in [4.69, 9.17) is 16.3 Å². The molecule has 0 amide bonds. The van der Waals surface area contributed by atoms with E-state index in [-0.39, 0.29) is 10.6 Å². The zero-order valence-electron chi connectivity index (χ0n) is 9.68. The van der Waals surface area contributed by atoms with Crippen LogP contribution in [0.15, 0.2) is 42.5 Å². The third-order valence-electron chi connectivity index (χ3n) is 2.63. The van der Waals surface area contributed by atoms with Crippen molar-refractivity contribution < 1.29 is 14.6 Å². The lowest BCUT2D eigenvalue weighted by molar-refractivity contribution is 0.0698. The molecule has 0 radical (unpaired) electrons. The number of methoxy groups -OCH3 is 1. The first kappa shape index (κ1) is 12.5. The molecule has 0 saturated heterocycles. The smallest absolute Gasteiger partial charge is 0.337 e. The Bertz CT molecular complexity index is 576. The average molecular weight is 263 g/mol. The van der Waals surface area contributed by atoms with Crippen LogP contribution >= 0.6 is 11.6 Å². The maximum absolute atomic E-state index is 11.2. The van der Waals surface area contributed by atoms with Gasteiger partial charge in [-0.05, 0) is 29.3 Å². The number of aromatic carboxylic acids is 1. The van der Waals surface area contributed by atoms with Crippen molar-refractivity contribution in [1.29, 1.82) is 0 Å². The monoisotopic (exact) mass is 262 g/mol. The van der Waals surface area contributed by atoms with Gasteiger partial charge in [-0.15, -0.1) is 0 Å². The summed E-state index contributed by atoms with van der Waals surface area (Å²) >= 11 is 5.93. The number of hydrogen-bond acceptors (Lipinski definition) is 2. The Hall–Kier alpha value is -2.00. The van der Waals surface area contributed by atoms with Crippen LogP contribution in [-0.4, -0.2) is 18.2 Å². The van der Waals surface area contributed by atoms with E-state index in [1.807, 2.05) is 0 Å². The Labute approximate surface area is 110 Å². The Balaban J connectivity index is 2.56. The van der Waals surface area contributed by atoms with Crippen molar-refractivity contribution in [3.05, 3.63) is 53.1 Å². The second-order valence-corrected chi connectivity index (χ2v) is 4.10. The van der Waals surface area contributed by atoms with Crippen molar-refractivity contribution in [2.75, 3.05) is 7.11 Å². The summed E-state index contributed by atoms with van der Waals surface area (Å²) < 4.78 is 5.06. The van der Waals surface area contributed by atoms with Gasteiger partial charge in [0.05, 0.1) is 17.7 Å². The Morgan fingerprint density at radius 2 is 1.83 bits per heavy atom. The molecule has 4 heteroatoms. The molecule has 0 saturated carbocycles. The number of ether oxygens (including phenoxy) is 1. The van der Waals surface area contributed by atoms with Crippen molar-refractivity contribution in [3.63, 3.8) is 0 Å². The molecule has 2 aromatic rings. The first-order valence-corrected chi connectivity index (χ1v) is 5.67. The van der Waals surface area contributed by atoms with Gasteiger partial charge in [0, 0.05) is 0 Å². The van der Waals surface area contributed by atoms with E-state index in [2.05, 4.69) is 0 Å². The van der Waals surface area contributed by atoms with Crippen LogP contribution in [0.3, 0.4) is 0 Å². The molecule has 0 atom stereocenters. The third kappa shape index (κ3) is 2.31. The van der Waals surface area contributed by atoms with E-state index >= 15 is 0 Å². The standard InChI is InChI=1S/C14H11ClO3/c1-18-10-7-5-9(6-8-10)11-3-2-4-12(15)13(11)14(16)17/h2-8H,1H3,(H,16,17). The van der Waals surface area contributed by atoms with Crippen LogP contribution in [0.4, 0.5) is 0 Å².